The number of fused-ring (bicyclic) bond motifs is 1. The monoisotopic (exact) mass is 359 g/mol. The second-order valence-electron chi connectivity index (χ2n) is 8.17. The van der Waals surface area contributed by atoms with Crippen LogP contribution in [0.3, 0.4) is 0 Å². The molecular formula is C20H33N5O. The van der Waals surface area contributed by atoms with E-state index in [1.807, 2.05) is 6.92 Å². The van der Waals surface area contributed by atoms with Gasteiger partial charge in [-0.15, -0.1) is 0 Å². The van der Waals surface area contributed by atoms with Crippen LogP contribution in [0.25, 0.3) is 0 Å². The van der Waals surface area contributed by atoms with E-state index in [1.54, 1.807) is 0 Å². The van der Waals surface area contributed by atoms with Crippen molar-refractivity contribution >= 4 is 5.82 Å². The van der Waals surface area contributed by atoms with E-state index in [0.29, 0.717) is 18.6 Å². The van der Waals surface area contributed by atoms with Crippen molar-refractivity contribution in [1.29, 1.82) is 0 Å². The van der Waals surface area contributed by atoms with Crippen LogP contribution in [0.5, 0.6) is 0 Å². The molecule has 0 unspecified atom stereocenters. The fraction of sp³-hybridized carbons (Fsp3) is 0.800. The Labute approximate surface area is 157 Å². The minimum Gasteiger partial charge on any atom is -0.396 e. The van der Waals surface area contributed by atoms with Crippen molar-refractivity contribution in [2.75, 3.05) is 50.8 Å². The Balaban J connectivity index is 1.44. The molecule has 0 aliphatic carbocycles. The first-order chi connectivity index (χ1) is 12.7. The van der Waals surface area contributed by atoms with E-state index in [4.69, 9.17) is 9.97 Å². The fourth-order valence-electron chi connectivity index (χ4n) is 4.93. The maximum Gasteiger partial charge on any atom is 0.135 e. The van der Waals surface area contributed by atoms with Crippen molar-refractivity contribution < 1.29 is 5.11 Å². The highest BCUT2D eigenvalue weighted by atomic mass is 16.3. The third kappa shape index (κ3) is 3.87. The number of rotatable bonds is 3. The van der Waals surface area contributed by atoms with Crippen LogP contribution in [0.4, 0.5) is 5.82 Å². The number of anilines is 1. The number of aryl methyl sites for hydroxylation is 1. The lowest BCUT2D eigenvalue weighted by Gasteiger charge is -2.42. The van der Waals surface area contributed by atoms with E-state index in [-0.39, 0.29) is 0 Å². The first kappa shape index (κ1) is 18.1. The van der Waals surface area contributed by atoms with Gasteiger partial charge in [-0.05, 0) is 58.0 Å². The quantitative estimate of drug-likeness (QED) is 0.844. The Morgan fingerprint density at radius 2 is 1.88 bits per heavy atom. The molecule has 0 saturated carbocycles. The van der Waals surface area contributed by atoms with Gasteiger partial charge in [0.2, 0.25) is 0 Å². The second-order valence-corrected chi connectivity index (χ2v) is 8.17. The number of aliphatic hydroxyl groups is 1. The molecule has 1 aromatic rings. The van der Waals surface area contributed by atoms with Crippen molar-refractivity contribution in [2.24, 2.45) is 5.92 Å². The van der Waals surface area contributed by atoms with Crippen molar-refractivity contribution in [3.63, 3.8) is 0 Å². The number of nitrogens with one attached hydrogen (secondary N) is 1. The summed E-state index contributed by atoms with van der Waals surface area (Å²) in [7, 11) is 0. The Kier molecular flexibility index (Phi) is 5.72. The average molecular weight is 360 g/mol. The van der Waals surface area contributed by atoms with Gasteiger partial charge in [-0.25, -0.2) is 9.97 Å². The fourth-order valence-corrected chi connectivity index (χ4v) is 4.93. The molecule has 4 rings (SSSR count). The maximum absolute atomic E-state index is 9.51. The molecule has 2 N–H and O–H groups in total. The molecule has 2 saturated heterocycles. The summed E-state index contributed by atoms with van der Waals surface area (Å²) in [5.41, 5.74) is 2.62. The van der Waals surface area contributed by atoms with E-state index in [2.05, 4.69) is 15.1 Å². The Hall–Kier alpha value is -1.24. The van der Waals surface area contributed by atoms with Crippen LogP contribution in [0, 0.1) is 12.8 Å². The molecule has 0 amide bonds. The van der Waals surface area contributed by atoms with Gasteiger partial charge in [0.1, 0.15) is 11.6 Å². The van der Waals surface area contributed by atoms with Gasteiger partial charge in [-0.2, -0.15) is 0 Å². The maximum atomic E-state index is 9.51. The molecule has 4 heterocycles. The summed E-state index contributed by atoms with van der Waals surface area (Å²) in [4.78, 5) is 14.7. The summed E-state index contributed by atoms with van der Waals surface area (Å²) in [6.45, 7) is 8.87. The predicted octanol–water partition coefficient (Wildman–Crippen LogP) is 1.15. The van der Waals surface area contributed by atoms with Gasteiger partial charge in [0.15, 0.2) is 0 Å². The SMILES string of the molecule is Cc1nc2c(c(N3CCC(N4CCC[C@H](CO)C4)CC3)n1)CCNCC2. The van der Waals surface area contributed by atoms with Crippen LogP contribution >= 0.6 is 0 Å². The molecule has 6 nitrogen and oxygen atoms in total. The molecule has 144 valence electrons. The summed E-state index contributed by atoms with van der Waals surface area (Å²) in [5.74, 6) is 2.58. The largest absolute Gasteiger partial charge is 0.396 e. The Morgan fingerprint density at radius 1 is 1.08 bits per heavy atom. The zero-order valence-corrected chi connectivity index (χ0v) is 16.1. The van der Waals surface area contributed by atoms with Crippen molar-refractivity contribution in [2.45, 2.75) is 51.5 Å². The molecule has 1 aromatic heterocycles. The number of hydrogen-bond acceptors (Lipinski definition) is 6. The number of aliphatic hydroxyl groups excluding tert-OH is 1. The lowest BCUT2D eigenvalue weighted by atomic mass is 9.94. The molecule has 3 aliphatic heterocycles. The van der Waals surface area contributed by atoms with Crippen LogP contribution in [0.2, 0.25) is 0 Å². The zero-order chi connectivity index (χ0) is 17.9. The molecule has 0 aromatic carbocycles. The van der Waals surface area contributed by atoms with Crippen LogP contribution in [-0.4, -0.2) is 71.9 Å². The van der Waals surface area contributed by atoms with E-state index in [1.165, 1.54) is 49.3 Å². The van der Waals surface area contributed by atoms with Gasteiger partial charge in [0, 0.05) is 50.8 Å². The predicted molar refractivity (Wildman–Crippen MR) is 104 cm³/mol. The summed E-state index contributed by atoms with van der Waals surface area (Å²) in [5, 5.41) is 13.0. The molecule has 3 aliphatic rings. The molecular weight excluding hydrogens is 326 g/mol. The van der Waals surface area contributed by atoms with Gasteiger partial charge in [-0.1, -0.05) is 0 Å². The molecule has 0 spiro atoms. The smallest absolute Gasteiger partial charge is 0.135 e. The number of piperidine rings is 2. The van der Waals surface area contributed by atoms with Crippen LogP contribution in [-0.2, 0) is 12.8 Å². The molecule has 1 atom stereocenters. The zero-order valence-electron chi connectivity index (χ0n) is 16.1. The Bertz CT molecular complexity index is 614. The number of aromatic nitrogens is 2. The Morgan fingerprint density at radius 3 is 2.69 bits per heavy atom. The van der Waals surface area contributed by atoms with Gasteiger partial charge in [0.25, 0.3) is 0 Å². The lowest BCUT2D eigenvalue weighted by molar-refractivity contribution is 0.0777. The van der Waals surface area contributed by atoms with E-state index in [0.717, 1.165) is 51.4 Å². The molecule has 6 heteroatoms. The van der Waals surface area contributed by atoms with Crippen LogP contribution in [0.1, 0.15) is 42.8 Å². The first-order valence-electron chi connectivity index (χ1n) is 10.4. The van der Waals surface area contributed by atoms with Gasteiger partial charge in [0.05, 0.1) is 5.69 Å². The van der Waals surface area contributed by atoms with Gasteiger partial charge < -0.3 is 15.3 Å². The van der Waals surface area contributed by atoms with Gasteiger partial charge >= 0.3 is 0 Å². The number of hydrogen-bond donors (Lipinski definition) is 2. The highest BCUT2D eigenvalue weighted by molar-refractivity contribution is 5.50. The number of likely N-dealkylation sites (tertiary alicyclic amines) is 1. The number of nitrogens with zero attached hydrogens (tertiary/aromatic N) is 4. The molecule has 26 heavy (non-hydrogen) atoms. The summed E-state index contributed by atoms with van der Waals surface area (Å²) < 4.78 is 0. The first-order valence-corrected chi connectivity index (χ1v) is 10.4. The highest BCUT2D eigenvalue weighted by Crippen LogP contribution is 2.29. The molecule has 0 radical (unpaired) electrons. The topological polar surface area (TPSA) is 64.5 Å². The third-order valence-corrected chi connectivity index (χ3v) is 6.36. The minimum atomic E-state index is 0.343. The third-order valence-electron chi connectivity index (χ3n) is 6.36. The average Bonchev–Trinajstić information content (AvgIpc) is 2.93. The van der Waals surface area contributed by atoms with E-state index in [9.17, 15) is 5.11 Å². The summed E-state index contributed by atoms with van der Waals surface area (Å²) in [6, 6.07) is 0.670. The second kappa shape index (κ2) is 8.19. The normalized spacial score (nSPS) is 25.8. The minimum absolute atomic E-state index is 0.343. The van der Waals surface area contributed by atoms with E-state index >= 15 is 0 Å². The van der Waals surface area contributed by atoms with Crippen molar-refractivity contribution in [3.8, 4) is 0 Å². The van der Waals surface area contributed by atoms with Gasteiger partial charge in [-0.3, -0.25) is 4.90 Å². The molecule has 0 bridgehead atoms. The summed E-state index contributed by atoms with van der Waals surface area (Å²) >= 11 is 0. The van der Waals surface area contributed by atoms with Crippen LogP contribution in [0.15, 0.2) is 0 Å². The standard InChI is InChI=1S/C20H33N5O/c1-15-22-19-5-9-21-8-4-18(19)20(23-15)24-11-6-17(7-12-24)25-10-2-3-16(13-25)14-26/h16-17,21,26H,2-14H2,1H3/t16-/m0/s1. The van der Waals surface area contributed by atoms with Crippen molar-refractivity contribution in [3.05, 3.63) is 17.1 Å². The van der Waals surface area contributed by atoms with E-state index < -0.39 is 0 Å². The molecule has 2 fully saturated rings. The summed E-state index contributed by atoms with van der Waals surface area (Å²) in [6.07, 6.45) is 6.87. The van der Waals surface area contributed by atoms with Crippen molar-refractivity contribution in [1.82, 2.24) is 20.2 Å². The highest BCUT2D eigenvalue weighted by Gasteiger charge is 2.30. The van der Waals surface area contributed by atoms with Crippen LogP contribution < -0.4 is 10.2 Å². The lowest BCUT2D eigenvalue weighted by Crippen LogP contribution is -2.49.